The fraction of sp³-hybridized carbons (Fsp3) is 0.182. The van der Waals surface area contributed by atoms with Crippen LogP contribution in [-0.2, 0) is 13.1 Å². The number of nitrogens with two attached hydrogens (primary N) is 2. The Bertz CT molecular complexity index is 1130. The lowest BCUT2D eigenvalue weighted by Crippen LogP contribution is -2.23. The van der Waals surface area contributed by atoms with Crippen molar-refractivity contribution in [3.63, 3.8) is 0 Å². The van der Waals surface area contributed by atoms with Gasteiger partial charge in [-0.3, -0.25) is 9.59 Å². The highest BCUT2D eigenvalue weighted by atomic mass is 16.2. The van der Waals surface area contributed by atoms with Crippen LogP contribution in [0.25, 0.3) is 16.1 Å². The Balaban J connectivity index is 1.77. The second-order valence-corrected chi connectivity index (χ2v) is 6.77. The second kappa shape index (κ2) is 8.92. The second-order valence-electron chi connectivity index (χ2n) is 6.77. The molecule has 0 aliphatic heterocycles. The zero-order valence-corrected chi connectivity index (χ0v) is 16.6. The lowest BCUT2D eigenvalue weighted by atomic mass is 10.0. The Labute approximate surface area is 174 Å². The molecule has 0 radical (unpaired) electrons. The number of benzene rings is 2. The number of rotatable bonds is 7. The Kier molecular flexibility index (Phi) is 6.13. The van der Waals surface area contributed by atoms with Crippen molar-refractivity contribution in [2.24, 2.45) is 5.73 Å². The molecule has 0 aliphatic carbocycles. The molecule has 3 rings (SSSR count). The zero-order chi connectivity index (χ0) is 21.7. The molecule has 1 aromatic heterocycles. The van der Waals surface area contributed by atoms with Crippen LogP contribution in [-0.4, -0.2) is 28.1 Å². The minimum Gasteiger partial charge on any atom is -0.383 e. The number of aryl methyl sites for hydroxylation is 1. The fourth-order valence-electron chi connectivity index (χ4n) is 3.12. The highest BCUT2D eigenvalue weighted by molar-refractivity contribution is 6.03. The van der Waals surface area contributed by atoms with E-state index in [1.54, 1.807) is 18.2 Å². The van der Waals surface area contributed by atoms with Gasteiger partial charge in [0.25, 0.3) is 11.8 Å². The van der Waals surface area contributed by atoms with E-state index in [1.165, 1.54) is 4.68 Å². The number of aromatic nitrogens is 2. The van der Waals surface area contributed by atoms with Crippen molar-refractivity contribution in [1.29, 1.82) is 0 Å². The number of carbonyl (C=O) groups is 2. The number of nitrogens with one attached hydrogen (secondary N) is 1. The summed E-state index contributed by atoms with van der Waals surface area (Å²) < 4.78 is 1.42. The summed E-state index contributed by atoms with van der Waals surface area (Å²) in [5.74, 6) is -0.665. The summed E-state index contributed by atoms with van der Waals surface area (Å²) in [5.41, 5.74) is 15.1. The molecular formula is C22H22N6O2. The van der Waals surface area contributed by atoms with Gasteiger partial charge in [-0.05, 0) is 24.1 Å². The minimum absolute atomic E-state index is 0.139. The van der Waals surface area contributed by atoms with Gasteiger partial charge < -0.3 is 21.6 Å². The van der Waals surface area contributed by atoms with Crippen LogP contribution < -0.4 is 16.8 Å². The number of amides is 2. The van der Waals surface area contributed by atoms with Gasteiger partial charge in [0.2, 0.25) is 6.54 Å². The maximum Gasteiger partial charge on any atom is 0.254 e. The van der Waals surface area contributed by atoms with Crippen molar-refractivity contribution in [1.82, 2.24) is 15.1 Å². The third kappa shape index (κ3) is 4.31. The van der Waals surface area contributed by atoms with Crippen LogP contribution in [0.15, 0.2) is 48.5 Å². The van der Waals surface area contributed by atoms with E-state index in [0.29, 0.717) is 23.4 Å². The average Bonchev–Trinajstić information content (AvgIpc) is 3.07. The summed E-state index contributed by atoms with van der Waals surface area (Å²) in [6.45, 7) is 9.64. The van der Waals surface area contributed by atoms with Crippen LogP contribution in [0.3, 0.4) is 0 Å². The van der Waals surface area contributed by atoms with Crippen LogP contribution >= 0.6 is 0 Å². The number of hydrogen-bond acceptors (Lipinski definition) is 4. The SMILES string of the molecule is [C-]#[N+]CCn1nc(-c2ccc(CNC(=O)c3ccccc3C)cc2)c(C(N)=O)c1N. The smallest absolute Gasteiger partial charge is 0.254 e. The molecule has 8 heteroatoms. The summed E-state index contributed by atoms with van der Waals surface area (Å²) in [6.07, 6.45) is 0. The molecule has 0 saturated heterocycles. The first-order valence-electron chi connectivity index (χ1n) is 9.34. The van der Waals surface area contributed by atoms with Gasteiger partial charge in [-0.2, -0.15) is 5.10 Å². The number of primary amides is 1. The largest absolute Gasteiger partial charge is 0.383 e. The molecule has 2 amide bonds. The van der Waals surface area contributed by atoms with E-state index < -0.39 is 5.91 Å². The van der Waals surface area contributed by atoms with E-state index in [-0.39, 0.29) is 30.4 Å². The fourth-order valence-corrected chi connectivity index (χ4v) is 3.12. The highest BCUT2D eigenvalue weighted by Crippen LogP contribution is 2.27. The predicted molar refractivity (Wildman–Crippen MR) is 114 cm³/mol. The molecule has 0 fully saturated rings. The molecule has 0 saturated carbocycles. The summed E-state index contributed by atoms with van der Waals surface area (Å²) in [6, 6.07) is 14.7. The topological polar surface area (TPSA) is 120 Å². The number of nitrogens with zero attached hydrogens (tertiary/aromatic N) is 3. The zero-order valence-electron chi connectivity index (χ0n) is 16.6. The molecular weight excluding hydrogens is 380 g/mol. The van der Waals surface area contributed by atoms with Crippen LogP contribution in [0.4, 0.5) is 5.82 Å². The monoisotopic (exact) mass is 402 g/mol. The molecule has 0 aliphatic rings. The Morgan fingerprint density at radius 2 is 1.87 bits per heavy atom. The molecule has 0 unspecified atom stereocenters. The number of carbonyl (C=O) groups excluding carboxylic acids is 2. The quantitative estimate of drug-likeness (QED) is 0.526. The van der Waals surface area contributed by atoms with Gasteiger partial charge in [-0.15, -0.1) is 0 Å². The molecule has 0 atom stereocenters. The molecule has 1 heterocycles. The Morgan fingerprint density at radius 1 is 1.17 bits per heavy atom. The summed E-state index contributed by atoms with van der Waals surface area (Å²) in [7, 11) is 0. The van der Waals surface area contributed by atoms with Crippen LogP contribution in [0, 0.1) is 13.5 Å². The van der Waals surface area contributed by atoms with Crippen molar-refractivity contribution in [3.05, 3.63) is 82.2 Å². The molecule has 2 aromatic carbocycles. The van der Waals surface area contributed by atoms with Crippen molar-refractivity contribution in [2.45, 2.75) is 20.0 Å². The van der Waals surface area contributed by atoms with E-state index in [1.807, 2.05) is 37.3 Å². The van der Waals surface area contributed by atoms with Gasteiger partial charge in [-0.1, -0.05) is 42.5 Å². The first kappa shape index (κ1) is 20.6. The van der Waals surface area contributed by atoms with E-state index in [9.17, 15) is 9.59 Å². The molecule has 152 valence electrons. The Hall–Kier alpha value is -4.12. The van der Waals surface area contributed by atoms with E-state index in [2.05, 4.69) is 15.3 Å². The van der Waals surface area contributed by atoms with Crippen molar-refractivity contribution < 1.29 is 9.59 Å². The lowest BCUT2D eigenvalue weighted by Gasteiger charge is -2.08. The molecule has 0 spiro atoms. The van der Waals surface area contributed by atoms with Gasteiger partial charge in [-0.25, -0.2) is 11.3 Å². The van der Waals surface area contributed by atoms with Gasteiger partial charge in [0.15, 0.2) is 0 Å². The third-order valence-corrected chi connectivity index (χ3v) is 4.73. The van der Waals surface area contributed by atoms with Gasteiger partial charge >= 0.3 is 0 Å². The summed E-state index contributed by atoms with van der Waals surface area (Å²) in [4.78, 5) is 27.5. The highest BCUT2D eigenvalue weighted by Gasteiger charge is 2.21. The third-order valence-electron chi connectivity index (χ3n) is 4.73. The maximum atomic E-state index is 12.4. The number of anilines is 1. The predicted octanol–water partition coefficient (Wildman–Crippen LogP) is 2.39. The van der Waals surface area contributed by atoms with Gasteiger partial charge in [0, 0.05) is 17.7 Å². The normalized spacial score (nSPS) is 10.4. The summed E-state index contributed by atoms with van der Waals surface area (Å²) in [5, 5.41) is 7.27. The summed E-state index contributed by atoms with van der Waals surface area (Å²) >= 11 is 0. The maximum absolute atomic E-state index is 12.4. The van der Waals surface area contributed by atoms with E-state index >= 15 is 0 Å². The van der Waals surface area contributed by atoms with Gasteiger partial charge in [0.1, 0.15) is 23.6 Å². The van der Waals surface area contributed by atoms with Crippen LogP contribution in [0.2, 0.25) is 0 Å². The number of nitrogen functional groups attached to an aromatic ring is 1. The van der Waals surface area contributed by atoms with Crippen LogP contribution in [0.1, 0.15) is 31.8 Å². The molecule has 5 N–H and O–H groups in total. The Morgan fingerprint density at radius 3 is 2.50 bits per heavy atom. The van der Waals surface area contributed by atoms with E-state index in [0.717, 1.165) is 11.1 Å². The minimum atomic E-state index is -0.675. The molecule has 3 aromatic rings. The number of hydrogen-bond donors (Lipinski definition) is 3. The standard InChI is InChI=1S/C22H22N6O2/c1-14-5-3-4-6-17(14)22(30)26-13-15-7-9-16(10-8-15)19-18(21(24)29)20(23)28(27-19)12-11-25-2/h3-10H,11-13,23H2,1H3,(H2,24,29)(H,26,30). The van der Waals surface area contributed by atoms with Crippen molar-refractivity contribution in [2.75, 3.05) is 12.3 Å². The van der Waals surface area contributed by atoms with Crippen molar-refractivity contribution in [3.8, 4) is 11.3 Å². The first-order valence-corrected chi connectivity index (χ1v) is 9.34. The first-order chi connectivity index (χ1) is 14.4. The van der Waals surface area contributed by atoms with Crippen molar-refractivity contribution >= 4 is 17.6 Å². The van der Waals surface area contributed by atoms with E-state index in [4.69, 9.17) is 18.0 Å². The van der Waals surface area contributed by atoms with Gasteiger partial charge in [0.05, 0.1) is 0 Å². The average molecular weight is 402 g/mol. The molecule has 30 heavy (non-hydrogen) atoms. The molecule has 0 bridgehead atoms. The molecule has 8 nitrogen and oxygen atoms in total. The lowest BCUT2D eigenvalue weighted by molar-refractivity contribution is 0.0949. The van der Waals surface area contributed by atoms with Crippen LogP contribution in [0.5, 0.6) is 0 Å².